The summed E-state index contributed by atoms with van der Waals surface area (Å²) < 4.78 is 79.7. The largest absolute Gasteiger partial charge is 0.870 e. The minimum atomic E-state index is -4.29. The van der Waals surface area contributed by atoms with E-state index in [4.69, 9.17) is 42.1 Å². The summed E-state index contributed by atoms with van der Waals surface area (Å²) in [7, 11) is -4.29. The Labute approximate surface area is 368 Å². The Morgan fingerprint density at radius 1 is 0.871 bits per heavy atom. The summed E-state index contributed by atoms with van der Waals surface area (Å²) in [6, 6.07) is 17.4. The highest BCUT2D eigenvalue weighted by atomic mass is 35.5. The van der Waals surface area contributed by atoms with Crippen molar-refractivity contribution in [3.8, 4) is 11.5 Å². The van der Waals surface area contributed by atoms with Gasteiger partial charge in [-0.05, 0) is 105 Å². The van der Waals surface area contributed by atoms with Crippen LogP contribution in [0.1, 0.15) is 67.4 Å². The molecule has 62 heavy (non-hydrogen) atoms. The number of alkyl halides is 2. The van der Waals surface area contributed by atoms with Gasteiger partial charge in [0.25, 0.3) is 0 Å². The molecule has 4 aromatic rings. The van der Waals surface area contributed by atoms with Crippen molar-refractivity contribution in [1.29, 1.82) is 0 Å². The quantitative estimate of drug-likeness (QED) is 0.104. The second-order valence-corrected chi connectivity index (χ2v) is 18.7. The van der Waals surface area contributed by atoms with Gasteiger partial charge in [-0.3, -0.25) is 9.69 Å². The van der Waals surface area contributed by atoms with Crippen molar-refractivity contribution in [2.45, 2.75) is 80.7 Å². The summed E-state index contributed by atoms with van der Waals surface area (Å²) in [5.74, 6) is -0.806. The van der Waals surface area contributed by atoms with E-state index in [1.165, 1.54) is 42.7 Å². The zero-order chi connectivity index (χ0) is 42.7. The molecule has 332 valence electrons. The van der Waals surface area contributed by atoms with Gasteiger partial charge in [0.1, 0.15) is 28.3 Å². The van der Waals surface area contributed by atoms with Gasteiger partial charge in [-0.1, -0.05) is 65.7 Å². The number of nitrogens with one attached hydrogen (secondary N) is 2. The fraction of sp³-hybridized carbons (Fsp3) is 0.432. The Bertz CT molecular complexity index is 2300. The summed E-state index contributed by atoms with van der Waals surface area (Å²) in [4.78, 5) is 33.1. The number of pyridine rings is 1. The number of anilines is 1. The second-order valence-electron chi connectivity index (χ2n) is 16.0. The maximum Gasteiger partial charge on any atom is 0.387 e. The van der Waals surface area contributed by atoms with E-state index in [1.54, 1.807) is 12.1 Å². The van der Waals surface area contributed by atoms with Crippen LogP contribution in [0.3, 0.4) is 0 Å². The number of esters is 2. The topological polar surface area (TPSA) is 168 Å². The van der Waals surface area contributed by atoms with E-state index in [-0.39, 0.29) is 57.4 Å². The highest BCUT2D eigenvalue weighted by Crippen LogP contribution is 2.39. The van der Waals surface area contributed by atoms with Crippen LogP contribution in [-0.2, 0) is 35.5 Å². The number of H-pyrrole nitrogens is 1. The van der Waals surface area contributed by atoms with Crippen LogP contribution in [0.5, 0.6) is 11.5 Å². The minimum Gasteiger partial charge on any atom is -0.870 e. The van der Waals surface area contributed by atoms with E-state index >= 15 is 0 Å². The minimum absolute atomic E-state index is 0. The van der Waals surface area contributed by atoms with E-state index < -0.39 is 46.8 Å². The highest BCUT2D eigenvalue weighted by Gasteiger charge is 2.42. The molecule has 0 radical (unpaired) electrons. The number of aromatic amines is 1. The smallest absolute Gasteiger partial charge is 0.387 e. The van der Waals surface area contributed by atoms with E-state index in [2.05, 4.69) is 15.2 Å². The lowest BCUT2D eigenvalue weighted by atomic mass is 9.86. The summed E-state index contributed by atoms with van der Waals surface area (Å²) in [5, 5.41) is 3.75. The second kappa shape index (κ2) is 19.9. The lowest BCUT2D eigenvalue weighted by Gasteiger charge is -2.44. The van der Waals surface area contributed by atoms with Crippen LogP contribution < -0.4 is 19.8 Å². The van der Waals surface area contributed by atoms with Crippen LogP contribution >= 0.6 is 23.2 Å². The molecule has 5 heterocycles. The van der Waals surface area contributed by atoms with Crippen LogP contribution in [-0.4, -0.2) is 86.6 Å². The van der Waals surface area contributed by atoms with Crippen LogP contribution in [0.15, 0.2) is 90.1 Å². The molecule has 13 nitrogen and oxygen atoms in total. The first-order valence-corrected chi connectivity index (χ1v) is 22.7. The molecule has 3 aromatic carbocycles. The summed E-state index contributed by atoms with van der Waals surface area (Å²) in [6.07, 6.45) is 6.11. The lowest BCUT2D eigenvalue weighted by molar-refractivity contribution is -0.377. The van der Waals surface area contributed by atoms with Gasteiger partial charge in [-0.25, -0.2) is 18.2 Å². The first-order valence-electron chi connectivity index (χ1n) is 20.5. The van der Waals surface area contributed by atoms with Crippen molar-refractivity contribution in [2.24, 2.45) is 11.8 Å². The fourth-order valence-electron chi connectivity index (χ4n) is 8.32. The molecule has 1 unspecified atom stereocenters. The molecular weight excluding hydrogens is 869 g/mol. The predicted molar refractivity (Wildman–Crippen MR) is 224 cm³/mol. The summed E-state index contributed by atoms with van der Waals surface area (Å²) in [6.45, 7) is -0.0707. The molecule has 18 heteroatoms. The SMILES string of the molecule is O=C(O[C@H]1CN2CCC1CC2)C(Nc1cccc(S(=O)(=O)N2CCC[C@H]2C(=O)O[C@@H](Cc2c(Cl)c[nH+]cc2Cl)c2ccc(OC(F)F)c(OCC3CC3)c2)c1)c1ccccc1.[OH-]. The van der Waals surface area contributed by atoms with E-state index in [0.717, 1.165) is 43.1 Å². The number of hydrogen-bond donors (Lipinski definition) is 1. The molecule has 1 aromatic heterocycles. The molecule has 0 amide bonds. The van der Waals surface area contributed by atoms with Gasteiger partial charge in [0.2, 0.25) is 10.0 Å². The standard InChI is InChI=1S/C44H46Cl2F2N4O8S.H2O/c45-34-23-49-24-35(46)33(34)22-38(30-13-14-37(60-44(47)48)39(20-30)57-26-27-11-12-27)58-42(53)36-10-5-17-52(36)61(55,56)32-9-4-8-31(21-32)50-41(29-6-2-1-3-7-29)43(54)59-40-25-51-18-15-28(40)16-19-51;/h1-4,6-9,13-14,20-21,23-24,27-28,36,38,40-41,44,50H,5,10-12,15-19,22,25-26H2;1H2/t36-,38-,40-,41?;/m0./s1. The van der Waals surface area contributed by atoms with Crippen molar-refractivity contribution in [2.75, 3.05) is 38.1 Å². The average molecular weight is 918 g/mol. The number of sulfonamides is 1. The summed E-state index contributed by atoms with van der Waals surface area (Å²) in [5.41, 5.74) is 1.83. The number of benzene rings is 3. The number of nitrogens with zero attached hydrogens (tertiary/aromatic N) is 2. The molecule has 0 spiro atoms. The van der Waals surface area contributed by atoms with Crippen molar-refractivity contribution in [3.63, 3.8) is 0 Å². The van der Waals surface area contributed by atoms with Crippen LogP contribution in [0.2, 0.25) is 10.0 Å². The van der Waals surface area contributed by atoms with E-state index in [1.807, 2.05) is 30.3 Å². The molecule has 4 atom stereocenters. The third kappa shape index (κ3) is 10.6. The number of rotatable bonds is 17. The summed E-state index contributed by atoms with van der Waals surface area (Å²) >= 11 is 13.1. The molecule has 1 aliphatic carbocycles. The lowest BCUT2D eigenvalue weighted by Crippen LogP contribution is -2.52. The van der Waals surface area contributed by atoms with Crippen molar-refractivity contribution < 1.29 is 56.2 Å². The van der Waals surface area contributed by atoms with Crippen molar-refractivity contribution >= 4 is 50.9 Å². The maximum atomic E-state index is 14.4. The molecule has 5 aliphatic rings. The molecule has 3 N–H and O–H groups in total. The van der Waals surface area contributed by atoms with Crippen LogP contribution in [0, 0.1) is 11.8 Å². The average Bonchev–Trinajstić information content (AvgIpc) is 3.95. The third-order valence-electron chi connectivity index (χ3n) is 11.8. The number of piperidine rings is 3. The van der Waals surface area contributed by atoms with Gasteiger partial charge in [-0.15, -0.1) is 0 Å². The fourth-order valence-corrected chi connectivity index (χ4v) is 10.5. The Kier molecular flexibility index (Phi) is 14.6. The van der Waals surface area contributed by atoms with Crippen LogP contribution in [0.25, 0.3) is 0 Å². The Hall–Kier alpha value is -4.58. The number of fused-ring (bicyclic) bond motifs is 3. The van der Waals surface area contributed by atoms with Gasteiger partial charge in [0.15, 0.2) is 29.9 Å². The van der Waals surface area contributed by atoms with Gasteiger partial charge in [0, 0.05) is 30.8 Å². The van der Waals surface area contributed by atoms with Crippen molar-refractivity contribution in [1.82, 2.24) is 9.21 Å². The van der Waals surface area contributed by atoms with Crippen LogP contribution in [0.4, 0.5) is 14.5 Å². The van der Waals surface area contributed by atoms with Gasteiger partial charge in [-0.2, -0.15) is 13.1 Å². The van der Waals surface area contributed by atoms with Gasteiger partial charge in [0.05, 0.1) is 11.5 Å². The van der Waals surface area contributed by atoms with Gasteiger partial charge < -0.3 is 29.7 Å². The number of halogens is 4. The number of carbonyl (C=O) groups is 2. The molecule has 4 saturated heterocycles. The Balaban J connectivity index is 0.00000578. The molecule has 4 aliphatic heterocycles. The molecule has 2 bridgehead atoms. The number of ether oxygens (including phenoxy) is 4. The predicted octanol–water partition coefficient (Wildman–Crippen LogP) is 7.49. The molecule has 5 fully saturated rings. The molecule has 9 rings (SSSR count). The molecule has 1 saturated carbocycles. The Morgan fingerprint density at radius 3 is 2.29 bits per heavy atom. The van der Waals surface area contributed by atoms with E-state index in [0.29, 0.717) is 53.8 Å². The molecular formula is C44H48Cl2F2N4O9S. The Morgan fingerprint density at radius 2 is 1.61 bits per heavy atom. The maximum absolute atomic E-state index is 14.4. The first-order chi connectivity index (χ1) is 29.4. The van der Waals surface area contributed by atoms with Crippen molar-refractivity contribution in [3.05, 3.63) is 112 Å². The number of carbonyl (C=O) groups excluding carboxylic acids is 2. The first kappa shape index (κ1) is 45.4. The third-order valence-corrected chi connectivity index (χ3v) is 14.4. The number of hydrogen-bond acceptors (Lipinski definition) is 11. The monoisotopic (exact) mass is 916 g/mol. The highest BCUT2D eigenvalue weighted by molar-refractivity contribution is 7.89. The zero-order valence-corrected chi connectivity index (χ0v) is 36.0. The zero-order valence-electron chi connectivity index (χ0n) is 33.6. The van der Waals surface area contributed by atoms with E-state index in [9.17, 15) is 26.8 Å². The van der Waals surface area contributed by atoms with Gasteiger partial charge >= 0.3 is 18.6 Å². The number of aromatic nitrogens is 1. The normalized spacial score (nSPS) is 22.0.